The standard InChI is InChI=1S/C12H22O4/c1-16-12(15)11-9(6-7-10(11)14)5-3-2-4-8-13/h9-11,13-14H,2-8H2,1H3/t9-,10-,11+/m0/s1. The Bertz CT molecular complexity index is 217. The van der Waals surface area contributed by atoms with Crippen molar-refractivity contribution < 1.29 is 19.7 Å². The summed E-state index contributed by atoms with van der Waals surface area (Å²) in [6, 6.07) is 0. The summed E-state index contributed by atoms with van der Waals surface area (Å²) < 4.78 is 4.72. The summed E-state index contributed by atoms with van der Waals surface area (Å²) in [5.74, 6) is -0.363. The highest BCUT2D eigenvalue weighted by Gasteiger charge is 2.40. The summed E-state index contributed by atoms with van der Waals surface area (Å²) in [7, 11) is 1.37. The molecule has 0 spiro atoms. The van der Waals surface area contributed by atoms with Gasteiger partial charge in [-0.05, 0) is 31.6 Å². The van der Waals surface area contributed by atoms with E-state index in [-0.39, 0.29) is 24.4 Å². The van der Waals surface area contributed by atoms with Gasteiger partial charge in [-0.2, -0.15) is 0 Å². The lowest BCUT2D eigenvalue weighted by Gasteiger charge is -2.19. The number of rotatable bonds is 6. The Morgan fingerprint density at radius 3 is 2.69 bits per heavy atom. The Morgan fingerprint density at radius 1 is 1.31 bits per heavy atom. The molecule has 0 heterocycles. The van der Waals surface area contributed by atoms with Crippen molar-refractivity contribution in [1.82, 2.24) is 0 Å². The second-order valence-electron chi connectivity index (χ2n) is 4.53. The van der Waals surface area contributed by atoms with Crippen LogP contribution in [0.5, 0.6) is 0 Å². The Hall–Kier alpha value is -0.610. The molecule has 0 radical (unpaired) electrons. The number of carbonyl (C=O) groups excluding carboxylic acids is 1. The van der Waals surface area contributed by atoms with Crippen LogP contribution in [-0.2, 0) is 9.53 Å². The molecule has 0 aromatic carbocycles. The second kappa shape index (κ2) is 6.86. The van der Waals surface area contributed by atoms with Gasteiger partial charge < -0.3 is 14.9 Å². The van der Waals surface area contributed by atoms with Crippen molar-refractivity contribution in [3.63, 3.8) is 0 Å². The van der Waals surface area contributed by atoms with Crippen LogP contribution in [0.3, 0.4) is 0 Å². The molecule has 1 aliphatic carbocycles. The summed E-state index contributed by atoms with van der Waals surface area (Å²) in [5, 5.41) is 18.4. The molecule has 0 aromatic heterocycles. The van der Waals surface area contributed by atoms with Crippen LogP contribution >= 0.6 is 0 Å². The van der Waals surface area contributed by atoms with Gasteiger partial charge in [-0.1, -0.05) is 12.8 Å². The molecular weight excluding hydrogens is 208 g/mol. The molecule has 1 saturated carbocycles. The Balaban J connectivity index is 2.36. The molecule has 1 aliphatic rings. The average Bonchev–Trinajstić information content (AvgIpc) is 2.65. The minimum Gasteiger partial charge on any atom is -0.469 e. The molecule has 2 N–H and O–H groups in total. The topological polar surface area (TPSA) is 66.8 Å². The van der Waals surface area contributed by atoms with Gasteiger partial charge >= 0.3 is 5.97 Å². The second-order valence-corrected chi connectivity index (χ2v) is 4.53. The summed E-state index contributed by atoms with van der Waals surface area (Å²) in [4.78, 5) is 11.5. The summed E-state index contributed by atoms with van der Waals surface area (Å²) in [6.07, 6.45) is 4.82. The summed E-state index contributed by atoms with van der Waals surface area (Å²) >= 11 is 0. The molecule has 94 valence electrons. The number of aliphatic hydroxyl groups excluding tert-OH is 2. The minimum atomic E-state index is -0.532. The van der Waals surface area contributed by atoms with Gasteiger partial charge in [-0.25, -0.2) is 0 Å². The molecule has 0 aromatic rings. The third-order valence-corrected chi connectivity index (χ3v) is 3.46. The predicted molar refractivity (Wildman–Crippen MR) is 59.8 cm³/mol. The summed E-state index contributed by atoms with van der Waals surface area (Å²) in [5.41, 5.74) is 0. The molecule has 0 bridgehead atoms. The number of carbonyl (C=O) groups is 1. The molecule has 16 heavy (non-hydrogen) atoms. The van der Waals surface area contributed by atoms with E-state index in [4.69, 9.17) is 9.84 Å². The molecule has 0 unspecified atom stereocenters. The lowest BCUT2D eigenvalue weighted by molar-refractivity contribution is -0.150. The zero-order chi connectivity index (χ0) is 12.0. The predicted octanol–water partition coefficient (Wildman–Crippen LogP) is 1.10. The number of hydrogen-bond acceptors (Lipinski definition) is 4. The fourth-order valence-electron chi connectivity index (χ4n) is 2.56. The molecule has 0 aliphatic heterocycles. The first kappa shape index (κ1) is 13.5. The fourth-order valence-corrected chi connectivity index (χ4v) is 2.56. The Labute approximate surface area is 96.6 Å². The SMILES string of the molecule is COC(=O)[C@@H]1[C@@H](CCCCCO)CC[C@@H]1O. The zero-order valence-electron chi connectivity index (χ0n) is 9.89. The van der Waals surface area contributed by atoms with Gasteiger partial charge in [-0.3, -0.25) is 4.79 Å². The zero-order valence-corrected chi connectivity index (χ0v) is 9.89. The quantitative estimate of drug-likeness (QED) is 0.529. The maximum atomic E-state index is 11.5. The van der Waals surface area contributed by atoms with E-state index in [1.165, 1.54) is 7.11 Å². The molecule has 4 heteroatoms. The van der Waals surface area contributed by atoms with Gasteiger partial charge in [0.1, 0.15) is 0 Å². The first-order valence-electron chi connectivity index (χ1n) is 6.07. The number of aliphatic hydroxyl groups is 2. The van der Waals surface area contributed by atoms with Gasteiger partial charge in [0, 0.05) is 6.61 Å². The molecule has 0 saturated heterocycles. The van der Waals surface area contributed by atoms with Crippen molar-refractivity contribution in [2.45, 2.75) is 44.6 Å². The minimum absolute atomic E-state index is 0.230. The highest BCUT2D eigenvalue weighted by molar-refractivity contribution is 5.73. The van der Waals surface area contributed by atoms with Crippen LogP contribution in [0.2, 0.25) is 0 Å². The number of methoxy groups -OCH3 is 1. The third-order valence-electron chi connectivity index (χ3n) is 3.46. The Kier molecular flexibility index (Phi) is 5.77. The van der Waals surface area contributed by atoms with E-state index in [1.54, 1.807) is 0 Å². The number of unbranched alkanes of at least 4 members (excludes halogenated alkanes) is 2. The van der Waals surface area contributed by atoms with Crippen LogP contribution in [0.4, 0.5) is 0 Å². The van der Waals surface area contributed by atoms with Crippen molar-refractivity contribution in [3.8, 4) is 0 Å². The Morgan fingerprint density at radius 2 is 2.06 bits per heavy atom. The lowest BCUT2D eigenvalue weighted by Crippen LogP contribution is -2.29. The van der Waals surface area contributed by atoms with E-state index in [0.717, 1.165) is 32.1 Å². The molecule has 1 rings (SSSR count). The number of ether oxygens (including phenoxy) is 1. The van der Waals surface area contributed by atoms with E-state index in [2.05, 4.69) is 0 Å². The van der Waals surface area contributed by atoms with Crippen LogP contribution in [0.25, 0.3) is 0 Å². The van der Waals surface area contributed by atoms with Crippen LogP contribution in [0.1, 0.15) is 38.5 Å². The van der Waals surface area contributed by atoms with Gasteiger partial charge in [0.2, 0.25) is 0 Å². The van der Waals surface area contributed by atoms with Crippen molar-refractivity contribution in [3.05, 3.63) is 0 Å². The fraction of sp³-hybridized carbons (Fsp3) is 0.917. The molecule has 3 atom stereocenters. The van der Waals surface area contributed by atoms with Gasteiger partial charge in [0.15, 0.2) is 0 Å². The van der Waals surface area contributed by atoms with Crippen molar-refractivity contribution >= 4 is 5.97 Å². The molecule has 4 nitrogen and oxygen atoms in total. The van der Waals surface area contributed by atoms with E-state index < -0.39 is 6.10 Å². The first-order chi connectivity index (χ1) is 7.70. The summed E-state index contributed by atoms with van der Waals surface area (Å²) in [6.45, 7) is 0.230. The van der Waals surface area contributed by atoms with Crippen LogP contribution in [0.15, 0.2) is 0 Å². The first-order valence-corrected chi connectivity index (χ1v) is 6.07. The maximum absolute atomic E-state index is 11.5. The molecule has 1 fully saturated rings. The van der Waals surface area contributed by atoms with E-state index in [1.807, 2.05) is 0 Å². The average molecular weight is 230 g/mol. The highest BCUT2D eigenvalue weighted by Crippen LogP contribution is 2.36. The normalized spacial score (nSPS) is 29.3. The largest absolute Gasteiger partial charge is 0.469 e. The molecule has 0 amide bonds. The smallest absolute Gasteiger partial charge is 0.311 e. The van der Waals surface area contributed by atoms with Gasteiger partial charge in [0.25, 0.3) is 0 Å². The monoisotopic (exact) mass is 230 g/mol. The van der Waals surface area contributed by atoms with Crippen LogP contribution in [-0.4, -0.2) is 36.0 Å². The third kappa shape index (κ3) is 3.46. The van der Waals surface area contributed by atoms with Gasteiger partial charge in [0.05, 0.1) is 19.1 Å². The van der Waals surface area contributed by atoms with Crippen molar-refractivity contribution in [1.29, 1.82) is 0 Å². The van der Waals surface area contributed by atoms with Crippen LogP contribution < -0.4 is 0 Å². The lowest BCUT2D eigenvalue weighted by atomic mass is 9.90. The van der Waals surface area contributed by atoms with E-state index in [9.17, 15) is 9.90 Å². The number of esters is 1. The van der Waals surface area contributed by atoms with Gasteiger partial charge in [-0.15, -0.1) is 0 Å². The maximum Gasteiger partial charge on any atom is 0.311 e. The molecular formula is C12H22O4. The van der Waals surface area contributed by atoms with E-state index in [0.29, 0.717) is 6.42 Å². The number of hydrogen-bond donors (Lipinski definition) is 2. The van der Waals surface area contributed by atoms with Crippen molar-refractivity contribution in [2.24, 2.45) is 11.8 Å². The van der Waals surface area contributed by atoms with E-state index >= 15 is 0 Å². The highest BCUT2D eigenvalue weighted by atomic mass is 16.5. The van der Waals surface area contributed by atoms with Crippen molar-refractivity contribution in [2.75, 3.05) is 13.7 Å². The van der Waals surface area contributed by atoms with Crippen LogP contribution in [0, 0.1) is 11.8 Å².